The number of carboxylic acid groups (broad SMARTS) is 1. The number of nitrogens with one attached hydrogen (secondary N) is 2. The van der Waals surface area contributed by atoms with Gasteiger partial charge in [-0.25, -0.2) is 9.78 Å². The highest BCUT2D eigenvalue weighted by molar-refractivity contribution is 6.04. The number of nitrogens with zero attached hydrogens (tertiary/aromatic N) is 1. The van der Waals surface area contributed by atoms with Gasteiger partial charge in [-0.05, 0) is 12.1 Å². The van der Waals surface area contributed by atoms with Crippen LogP contribution < -0.4 is 10.9 Å². The van der Waals surface area contributed by atoms with Crippen LogP contribution in [0.4, 0.5) is 5.69 Å². The number of hydrogen-bond acceptors (Lipinski definition) is 5. The summed E-state index contributed by atoms with van der Waals surface area (Å²) in [5.41, 5.74) is -0.699. The van der Waals surface area contributed by atoms with Crippen LogP contribution in [-0.4, -0.2) is 32.1 Å². The molecule has 0 spiro atoms. The van der Waals surface area contributed by atoms with E-state index < -0.39 is 23.3 Å². The zero-order valence-corrected chi connectivity index (χ0v) is 9.95. The molecule has 8 heteroatoms. The van der Waals surface area contributed by atoms with Crippen molar-refractivity contribution in [2.24, 2.45) is 0 Å². The number of aromatic nitrogens is 2. The van der Waals surface area contributed by atoms with Crippen molar-refractivity contribution in [1.82, 2.24) is 9.97 Å². The topological polar surface area (TPSA) is 132 Å². The van der Waals surface area contributed by atoms with Gasteiger partial charge in [0.1, 0.15) is 5.69 Å². The first-order valence-corrected chi connectivity index (χ1v) is 5.40. The van der Waals surface area contributed by atoms with Crippen molar-refractivity contribution in [3.05, 3.63) is 52.1 Å². The number of aromatic hydroxyl groups is 1. The number of carbonyl (C=O) groups is 2. The molecule has 0 radical (unpaired) electrons. The lowest BCUT2D eigenvalue weighted by molar-refractivity contribution is 0.0690. The van der Waals surface area contributed by atoms with E-state index in [4.69, 9.17) is 5.11 Å². The third kappa shape index (κ3) is 2.99. The van der Waals surface area contributed by atoms with Crippen LogP contribution in [0.15, 0.2) is 35.3 Å². The highest BCUT2D eigenvalue weighted by Crippen LogP contribution is 2.11. The number of carbonyl (C=O) groups excluding carboxylic acids is 1. The number of hydrogen-bond donors (Lipinski definition) is 4. The molecule has 2 aromatic heterocycles. The van der Waals surface area contributed by atoms with Crippen molar-refractivity contribution >= 4 is 17.6 Å². The van der Waals surface area contributed by atoms with Gasteiger partial charge in [-0.3, -0.25) is 14.6 Å². The molecule has 2 aromatic rings. The SMILES string of the molecule is O=C(Nc1ccnc(C(=O)O)c1)c1cc(O)[nH]c(=O)c1. The Labute approximate surface area is 111 Å². The molecule has 0 bridgehead atoms. The summed E-state index contributed by atoms with van der Waals surface area (Å²) in [6.07, 6.45) is 1.23. The summed E-state index contributed by atoms with van der Waals surface area (Å²) < 4.78 is 0. The minimum Gasteiger partial charge on any atom is -0.494 e. The molecule has 1 amide bonds. The smallest absolute Gasteiger partial charge is 0.354 e. The van der Waals surface area contributed by atoms with Crippen LogP contribution in [0.25, 0.3) is 0 Å². The fraction of sp³-hybridized carbons (Fsp3) is 0. The molecule has 0 atom stereocenters. The van der Waals surface area contributed by atoms with E-state index in [0.29, 0.717) is 0 Å². The standard InChI is InChI=1S/C12H9N3O5/c16-9-3-6(4-10(17)15-9)11(18)14-7-1-2-13-8(5-7)12(19)20/h1-5H,(H,19,20)(H,13,14,18)(H2,15,16,17). The van der Waals surface area contributed by atoms with Crippen LogP contribution >= 0.6 is 0 Å². The second-order valence-electron chi connectivity index (χ2n) is 3.81. The molecule has 2 rings (SSSR count). The summed E-state index contributed by atoms with van der Waals surface area (Å²) in [4.78, 5) is 39.4. The maximum absolute atomic E-state index is 11.9. The summed E-state index contributed by atoms with van der Waals surface area (Å²) in [6, 6.07) is 4.66. The van der Waals surface area contributed by atoms with Gasteiger partial charge in [0.15, 0.2) is 5.88 Å². The number of H-pyrrole nitrogens is 1. The maximum Gasteiger partial charge on any atom is 0.354 e. The summed E-state index contributed by atoms with van der Waals surface area (Å²) in [5, 5.41) is 20.4. The average molecular weight is 275 g/mol. The van der Waals surface area contributed by atoms with Gasteiger partial charge in [-0.15, -0.1) is 0 Å². The Morgan fingerprint density at radius 3 is 2.65 bits per heavy atom. The van der Waals surface area contributed by atoms with Crippen molar-refractivity contribution in [3.8, 4) is 5.88 Å². The monoisotopic (exact) mass is 275 g/mol. The Morgan fingerprint density at radius 2 is 2.00 bits per heavy atom. The zero-order chi connectivity index (χ0) is 14.7. The van der Waals surface area contributed by atoms with E-state index in [-0.39, 0.29) is 16.9 Å². The minimum atomic E-state index is -1.23. The Morgan fingerprint density at radius 1 is 1.25 bits per heavy atom. The molecule has 0 aliphatic carbocycles. The molecule has 2 heterocycles. The van der Waals surface area contributed by atoms with Crippen molar-refractivity contribution in [2.45, 2.75) is 0 Å². The number of amides is 1. The third-order valence-corrected chi connectivity index (χ3v) is 2.33. The van der Waals surface area contributed by atoms with Crippen LogP contribution in [0.5, 0.6) is 5.88 Å². The number of anilines is 1. The average Bonchev–Trinajstić information content (AvgIpc) is 2.37. The van der Waals surface area contributed by atoms with Crippen molar-refractivity contribution in [3.63, 3.8) is 0 Å². The van der Waals surface area contributed by atoms with E-state index in [1.807, 2.05) is 0 Å². The van der Waals surface area contributed by atoms with Gasteiger partial charge in [0, 0.05) is 24.0 Å². The predicted molar refractivity (Wildman–Crippen MR) is 67.9 cm³/mol. The zero-order valence-electron chi connectivity index (χ0n) is 9.95. The first-order valence-electron chi connectivity index (χ1n) is 5.40. The Hall–Kier alpha value is -3.16. The molecule has 0 saturated heterocycles. The molecule has 0 fully saturated rings. The van der Waals surface area contributed by atoms with Crippen LogP contribution in [0, 0.1) is 0 Å². The van der Waals surface area contributed by atoms with Crippen molar-refractivity contribution < 1.29 is 19.8 Å². The Bertz CT molecular complexity index is 738. The Balaban J connectivity index is 2.25. The number of aromatic amines is 1. The molecule has 0 unspecified atom stereocenters. The highest BCUT2D eigenvalue weighted by Gasteiger charge is 2.10. The molecular formula is C12H9N3O5. The van der Waals surface area contributed by atoms with Crippen LogP contribution in [0.1, 0.15) is 20.8 Å². The van der Waals surface area contributed by atoms with Crippen molar-refractivity contribution in [2.75, 3.05) is 5.32 Å². The Kier molecular flexibility index (Phi) is 3.47. The van der Waals surface area contributed by atoms with E-state index in [1.54, 1.807) is 0 Å². The predicted octanol–water partition coefficient (Wildman–Crippen LogP) is 0.426. The van der Waals surface area contributed by atoms with Crippen LogP contribution in [0.2, 0.25) is 0 Å². The second kappa shape index (κ2) is 5.22. The van der Waals surface area contributed by atoms with E-state index in [1.165, 1.54) is 18.3 Å². The number of pyridine rings is 2. The lowest BCUT2D eigenvalue weighted by Gasteiger charge is -2.05. The van der Waals surface area contributed by atoms with E-state index in [2.05, 4.69) is 15.3 Å². The quantitative estimate of drug-likeness (QED) is 0.642. The lowest BCUT2D eigenvalue weighted by atomic mass is 10.2. The first kappa shape index (κ1) is 13.3. The van der Waals surface area contributed by atoms with Gasteiger partial charge < -0.3 is 15.5 Å². The molecule has 0 aliphatic rings. The molecular weight excluding hydrogens is 266 g/mol. The molecule has 0 aliphatic heterocycles. The second-order valence-corrected chi connectivity index (χ2v) is 3.81. The van der Waals surface area contributed by atoms with Gasteiger partial charge in [0.05, 0.1) is 5.56 Å². The fourth-order valence-electron chi connectivity index (χ4n) is 1.49. The number of carboxylic acids is 1. The van der Waals surface area contributed by atoms with Gasteiger partial charge in [-0.1, -0.05) is 0 Å². The lowest BCUT2D eigenvalue weighted by Crippen LogP contribution is -2.16. The van der Waals surface area contributed by atoms with Crippen molar-refractivity contribution in [1.29, 1.82) is 0 Å². The molecule has 0 saturated carbocycles. The maximum atomic E-state index is 11.9. The van der Waals surface area contributed by atoms with Gasteiger partial charge >= 0.3 is 5.97 Å². The fourth-order valence-corrected chi connectivity index (χ4v) is 1.49. The van der Waals surface area contributed by atoms with E-state index in [0.717, 1.165) is 12.1 Å². The third-order valence-electron chi connectivity index (χ3n) is 2.33. The summed E-state index contributed by atoms with van der Waals surface area (Å²) >= 11 is 0. The molecule has 0 aromatic carbocycles. The molecule has 8 nitrogen and oxygen atoms in total. The normalized spacial score (nSPS) is 10.0. The summed E-state index contributed by atoms with van der Waals surface area (Å²) in [6.45, 7) is 0. The van der Waals surface area contributed by atoms with Crippen LogP contribution in [0.3, 0.4) is 0 Å². The van der Waals surface area contributed by atoms with Crippen LogP contribution in [-0.2, 0) is 0 Å². The minimum absolute atomic E-state index is 0.0556. The number of rotatable bonds is 3. The van der Waals surface area contributed by atoms with Gasteiger partial charge in [0.2, 0.25) is 0 Å². The van der Waals surface area contributed by atoms with E-state index >= 15 is 0 Å². The molecule has 4 N–H and O–H groups in total. The van der Waals surface area contributed by atoms with Gasteiger partial charge in [-0.2, -0.15) is 0 Å². The molecule has 102 valence electrons. The van der Waals surface area contributed by atoms with Gasteiger partial charge in [0.25, 0.3) is 11.5 Å². The number of aromatic carboxylic acids is 1. The largest absolute Gasteiger partial charge is 0.494 e. The summed E-state index contributed by atoms with van der Waals surface area (Å²) in [7, 11) is 0. The highest BCUT2D eigenvalue weighted by atomic mass is 16.4. The molecule has 20 heavy (non-hydrogen) atoms. The van der Waals surface area contributed by atoms with E-state index in [9.17, 15) is 19.5 Å². The summed E-state index contributed by atoms with van der Waals surface area (Å²) in [5.74, 6) is -2.33. The first-order chi connectivity index (χ1) is 9.45.